The van der Waals surface area contributed by atoms with Crippen molar-refractivity contribution in [2.24, 2.45) is 0 Å². The van der Waals surface area contributed by atoms with Gasteiger partial charge in [-0.2, -0.15) is 4.98 Å². The number of amides is 1. The number of anilines is 2. The molecule has 30 heavy (non-hydrogen) atoms. The molecule has 1 aliphatic heterocycles. The third kappa shape index (κ3) is 3.90. The summed E-state index contributed by atoms with van der Waals surface area (Å²) in [6, 6.07) is 13.3. The van der Waals surface area contributed by atoms with Crippen LogP contribution in [0.3, 0.4) is 0 Å². The summed E-state index contributed by atoms with van der Waals surface area (Å²) in [5, 5.41) is 23.9. The number of nitrogens with zero attached hydrogens (tertiary/aromatic N) is 2. The average molecular weight is 410 g/mol. The van der Waals surface area contributed by atoms with E-state index in [4.69, 9.17) is 10.5 Å². The summed E-state index contributed by atoms with van der Waals surface area (Å²) in [6.07, 6.45) is -1.03. The van der Waals surface area contributed by atoms with Gasteiger partial charge in [0.05, 0.1) is 19.1 Å². The largest absolute Gasteiger partial charge is 0.394 e. The predicted molar refractivity (Wildman–Crippen MR) is 111 cm³/mol. The minimum Gasteiger partial charge on any atom is -0.394 e. The molecule has 1 aliphatic rings. The lowest BCUT2D eigenvalue weighted by Gasteiger charge is -2.16. The zero-order valence-corrected chi connectivity index (χ0v) is 16.1. The molecule has 1 unspecified atom stereocenters. The number of carbonyl (C=O) groups is 1. The Morgan fingerprint density at radius 3 is 2.80 bits per heavy atom. The van der Waals surface area contributed by atoms with E-state index in [9.17, 15) is 19.8 Å². The zero-order chi connectivity index (χ0) is 21.3. The van der Waals surface area contributed by atoms with E-state index in [-0.39, 0.29) is 31.2 Å². The van der Waals surface area contributed by atoms with Crippen LogP contribution in [0, 0.1) is 0 Å². The first-order valence-corrected chi connectivity index (χ1v) is 9.56. The molecule has 4 rings (SSSR count). The number of aromatic nitrogens is 2. The Labute approximate surface area is 171 Å². The van der Waals surface area contributed by atoms with Gasteiger partial charge in [-0.3, -0.25) is 9.36 Å². The first-order chi connectivity index (χ1) is 14.5. The summed E-state index contributed by atoms with van der Waals surface area (Å²) in [6.45, 7) is -0.366. The second-order valence-electron chi connectivity index (χ2n) is 7.21. The van der Waals surface area contributed by atoms with Crippen molar-refractivity contribution in [3.63, 3.8) is 0 Å². The molecule has 5 N–H and O–H groups in total. The Balaban J connectivity index is 1.55. The van der Waals surface area contributed by atoms with E-state index in [1.54, 1.807) is 0 Å². The van der Waals surface area contributed by atoms with Gasteiger partial charge < -0.3 is 26.0 Å². The summed E-state index contributed by atoms with van der Waals surface area (Å²) in [5.41, 5.74) is 6.25. The topological polar surface area (TPSA) is 140 Å². The number of hydrogen-bond donors (Lipinski definition) is 4. The molecule has 9 nitrogen and oxygen atoms in total. The normalized spacial score (nSPS) is 21.1. The zero-order valence-electron chi connectivity index (χ0n) is 16.1. The van der Waals surface area contributed by atoms with Gasteiger partial charge in [0, 0.05) is 29.3 Å². The van der Waals surface area contributed by atoms with Crippen molar-refractivity contribution in [3.8, 4) is 0 Å². The second-order valence-corrected chi connectivity index (χ2v) is 7.21. The van der Waals surface area contributed by atoms with Gasteiger partial charge in [0.15, 0.2) is 0 Å². The summed E-state index contributed by atoms with van der Waals surface area (Å²) in [7, 11) is 0. The maximum atomic E-state index is 12.7. The molecule has 2 aromatic carbocycles. The number of carbonyl (C=O) groups excluding carboxylic acids is 1. The Hall–Kier alpha value is -3.27. The SMILES string of the molecule is Nc1nc(=O)n([C@H]2CC(O)[C@@H](CO)O2)cc1CC(=O)Nc1cccc2ccccc12. The molecular formula is C21H22N4O5. The second kappa shape index (κ2) is 8.23. The molecule has 0 aliphatic carbocycles. The fraction of sp³-hybridized carbons (Fsp3) is 0.286. The fourth-order valence-corrected chi connectivity index (χ4v) is 3.62. The van der Waals surface area contributed by atoms with Crippen LogP contribution in [0.25, 0.3) is 10.8 Å². The number of hydrogen-bond acceptors (Lipinski definition) is 7. The van der Waals surface area contributed by atoms with Crippen molar-refractivity contribution in [1.82, 2.24) is 9.55 Å². The monoisotopic (exact) mass is 410 g/mol. The van der Waals surface area contributed by atoms with E-state index in [2.05, 4.69) is 10.3 Å². The van der Waals surface area contributed by atoms with E-state index in [1.807, 2.05) is 42.5 Å². The van der Waals surface area contributed by atoms with E-state index >= 15 is 0 Å². The molecule has 0 spiro atoms. The molecule has 0 saturated carbocycles. The van der Waals surface area contributed by atoms with Crippen LogP contribution in [0.4, 0.5) is 11.5 Å². The molecule has 2 heterocycles. The molecule has 0 bridgehead atoms. The quantitative estimate of drug-likeness (QED) is 0.488. The maximum Gasteiger partial charge on any atom is 0.351 e. The van der Waals surface area contributed by atoms with Gasteiger partial charge in [-0.1, -0.05) is 36.4 Å². The first-order valence-electron chi connectivity index (χ1n) is 9.56. The number of nitrogen functional groups attached to an aromatic ring is 1. The highest BCUT2D eigenvalue weighted by molar-refractivity contribution is 6.02. The smallest absolute Gasteiger partial charge is 0.351 e. The number of aliphatic hydroxyl groups excluding tert-OH is 2. The number of benzene rings is 2. The highest BCUT2D eigenvalue weighted by atomic mass is 16.5. The lowest BCUT2D eigenvalue weighted by atomic mass is 10.1. The molecule has 3 atom stereocenters. The molecule has 9 heteroatoms. The first kappa shape index (κ1) is 20.0. The van der Waals surface area contributed by atoms with Crippen molar-refractivity contribution in [3.05, 3.63) is 64.7 Å². The Morgan fingerprint density at radius 1 is 1.27 bits per heavy atom. The van der Waals surface area contributed by atoms with Gasteiger partial charge >= 0.3 is 5.69 Å². The van der Waals surface area contributed by atoms with Crippen molar-refractivity contribution >= 4 is 28.2 Å². The molecule has 1 saturated heterocycles. The van der Waals surface area contributed by atoms with Crippen molar-refractivity contribution in [1.29, 1.82) is 0 Å². The number of rotatable bonds is 5. The average Bonchev–Trinajstić information content (AvgIpc) is 3.10. The van der Waals surface area contributed by atoms with Crippen molar-refractivity contribution in [2.75, 3.05) is 17.7 Å². The highest BCUT2D eigenvalue weighted by Crippen LogP contribution is 2.28. The molecule has 1 amide bonds. The molecular weight excluding hydrogens is 388 g/mol. The third-order valence-electron chi connectivity index (χ3n) is 5.17. The minimum atomic E-state index is -0.900. The van der Waals surface area contributed by atoms with Crippen LogP contribution in [0.1, 0.15) is 18.2 Å². The molecule has 1 fully saturated rings. The number of nitrogens with two attached hydrogens (primary N) is 1. The molecule has 156 valence electrons. The number of nitrogens with one attached hydrogen (secondary N) is 1. The predicted octanol–water partition coefficient (Wildman–Crippen LogP) is 0.801. The number of fused-ring (bicyclic) bond motifs is 1. The lowest BCUT2D eigenvalue weighted by Crippen LogP contribution is -2.30. The minimum absolute atomic E-state index is 0.0402. The highest BCUT2D eigenvalue weighted by Gasteiger charge is 2.35. The van der Waals surface area contributed by atoms with Crippen LogP contribution >= 0.6 is 0 Å². The Morgan fingerprint density at radius 2 is 2.03 bits per heavy atom. The number of aliphatic hydroxyl groups is 2. The molecule has 1 aromatic heterocycles. The summed E-state index contributed by atoms with van der Waals surface area (Å²) < 4.78 is 6.71. The van der Waals surface area contributed by atoms with E-state index in [0.717, 1.165) is 10.8 Å². The standard InChI is InChI=1S/C21H22N4O5/c22-20-13(10-25(21(29)24-20)19-9-16(27)17(11-26)30-19)8-18(28)23-15-7-3-5-12-4-1-2-6-14(12)15/h1-7,10,16-17,19,26-27H,8-9,11H2,(H,23,28)(H2,22,24,29)/t16?,17-,19-/m1/s1. The fourth-order valence-electron chi connectivity index (χ4n) is 3.62. The van der Waals surface area contributed by atoms with Crippen LogP contribution in [-0.2, 0) is 16.0 Å². The van der Waals surface area contributed by atoms with E-state index < -0.39 is 24.1 Å². The van der Waals surface area contributed by atoms with Crippen molar-refractivity contribution < 1.29 is 19.7 Å². The van der Waals surface area contributed by atoms with E-state index in [0.29, 0.717) is 11.3 Å². The summed E-state index contributed by atoms with van der Waals surface area (Å²) in [4.78, 5) is 28.7. The van der Waals surface area contributed by atoms with Crippen LogP contribution < -0.4 is 16.7 Å². The van der Waals surface area contributed by atoms with Gasteiger partial charge in [-0.25, -0.2) is 4.79 Å². The molecule has 0 radical (unpaired) electrons. The molecule has 3 aromatic rings. The lowest BCUT2D eigenvalue weighted by molar-refractivity contribution is -0.115. The van der Waals surface area contributed by atoms with Gasteiger partial charge in [0.25, 0.3) is 0 Å². The van der Waals surface area contributed by atoms with Gasteiger partial charge in [0.2, 0.25) is 5.91 Å². The van der Waals surface area contributed by atoms with Crippen LogP contribution in [-0.4, -0.2) is 44.5 Å². The Bertz CT molecular complexity index is 1140. The third-order valence-corrected chi connectivity index (χ3v) is 5.17. The van der Waals surface area contributed by atoms with Gasteiger partial charge in [-0.15, -0.1) is 0 Å². The summed E-state index contributed by atoms with van der Waals surface area (Å²) >= 11 is 0. The van der Waals surface area contributed by atoms with Crippen molar-refractivity contribution in [2.45, 2.75) is 31.3 Å². The van der Waals surface area contributed by atoms with Gasteiger partial charge in [0.1, 0.15) is 18.1 Å². The number of ether oxygens (including phenoxy) is 1. The van der Waals surface area contributed by atoms with Crippen LogP contribution in [0.15, 0.2) is 53.5 Å². The van der Waals surface area contributed by atoms with Crippen LogP contribution in [0.2, 0.25) is 0 Å². The van der Waals surface area contributed by atoms with Crippen LogP contribution in [0.5, 0.6) is 0 Å². The van der Waals surface area contributed by atoms with E-state index in [1.165, 1.54) is 10.8 Å². The maximum absolute atomic E-state index is 12.7. The Kier molecular flexibility index (Phi) is 5.49. The van der Waals surface area contributed by atoms with Gasteiger partial charge in [-0.05, 0) is 11.5 Å². The summed E-state index contributed by atoms with van der Waals surface area (Å²) in [5.74, 6) is -0.354.